The molecule has 60 valence electrons. The van der Waals surface area contributed by atoms with Crippen LogP contribution in [0.2, 0.25) is 5.22 Å². The Labute approximate surface area is 67.6 Å². The smallest absolute Gasteiger partial charge is 0.449 e. The van der Waals surface area contributed by atoms with Crippen LogP contribution in [0.3, 0.4) is 0 Å². The Morgan fingerprint density at radius 2 is 2.45 bits per heavy atom. The molecule has 0 atom stereocenters. The fourth-order valence-electron chi connectivity index (χ4n) is 0.486. The van der Waals surface area contributed by atoms with Crippen LogP contribution in [0.4, 0.5) is 4.79 Å². The highest BCUT2D eigenvalue weighted by atomic mass is 35.5. The summed E-state index contributed by atoms with van der Waals surface area (Å²) in [5, 5.41) is 0.156. The maximum atomic E-state index is 10.5. The van der Waals surface area contributed by atoms with Gasteiger partial charge in [-0.3, -0.25) is 0 Å². The predicted molar refractivity (Wildman–Crippen MR) is 36.8 cm³/mol. The number of hydrogen-bond donors (Lipinski definition) is 0. The van der Waals surface area contributed by atoms with Gasteiger partial charge in [-0.05, 0) is 11.6 Å². The van der Waals surface area contributed by atoms with Crippen LogP contribution in [0.15, 0.2) is 16.7 Å². The number of hydrogen-bond acceptors (Lipinski definition) is 4. The van der Waals surface area contributed by atoms with Crippen LogP contribution in [0.25, 0.3) is 0 Å². The van der Waals surface area contributed by atoms with E-state index in [9.17, 15) is 4.79 Å². The third-order valence-corrected chi connectivity index (χ3v) is 1.11. The standard InChI is InChI=1S/C6H5ClO4/c1-9-6(8)11-4-2-5(7)10-3-4/h2-3H,1H3. The molecule has 0 N–H and O–H groups in total. The third-order valence-electron chi connectivity index (χ3n) is 0.911. The molecule has 0 aromatic carbocycles. The second-order valence-electron chi connectivity index (χ2n) is 1.64. The largest absolute Gasteiger partial charge is 0.513 e. The third kappa shape index (κ3) is 2.16. The lowest BCUT2D eigenvalue weighted by Gasteiger charge is -1.95. The zero-order chi connectivity index (χ0) is 8.27. The van der Waals surface area contributed by atoms with Crippen molar-refractivity contribution in [2.45, 2.75) is 0 Å². The van der Waals surface area contributed by atoms with E-state index in [-0.39, 0.29) is 11.0 Å². The lowest BCUT2D eigenvalue weighted by molar-refractivity contribution is 0.121. The topological polar surface area (TPSA) is 48.7 Å². The zero-order valence-corrected chi connectivity index (χ0v) is 6.42. The number of furan rings is 1. The summed E-state index contributed by atoms with van der Waals surface area (Å²) in [6.45, 7) is 0. The van der Waals surface area contributed by atoms with Crippen molar-refractivity contribution < 1.29 is 18.7 Å². The second-order valence-corrected chi connectivity index (χ2v) is 2.02. The zero-order valence-electron chi connectivity index (χ0n) is 5.67. The maximum absolute atomic E-state index is 10.5. The lowest BCUT2D eigenvalue weighted by Crippen LogP contribution is -2.06. The molecular weight excluding hydrogens is 172 g/mol. The van der Waals surface area contributed by atoms with Gasteiger partial charge in [-0.15, -0.1) is 0 Å². The predicted octanol–water partition coefficient (Wildman–Crippen LogP) is 2.08. The van der Waals surface area contributed by atoms with E-state index in [0.717, 1.165) is 0 Å². The van der Waals surface area contributed by atoms with Gasteiger partial charge in [0.05, 0.1) is 7.11 Å². The number of methoxy groups -OCH3 is 1. The Bertz CT molecular complexity index is 255. The molecule has 1 aromatic rings. The Morgan fingerprint density at radius 1 is 1.73 bits per heavy atom. The monoisotopic (exact) mass is 176 g/mol. The van der Waals surface area contributed by atoms with Crippen molar-refractivity contribution in [3.8, 4) is 5.75 Å². The van der Waals surface area contributed by atoms with E-state index in [1.807, 2.05) is 0 Å². The SMILES string of the molecule is COC(=O)Oc1coc(Cl)c1. The van der Waals surface area contributed by atoms with E-state index in [4.69, 9.17) is 11.6 Å². The average Bonchev–Trinajstić information content (AvgIpc) is 2.35. The number of halogens is 1. The minimum atomic E-state index is -0.803. The Balaban J connectivity index is 2.57. The molecule has 1 rings (SSSR count). The fourth-order valence-corrected chi connectivity index (χ4v) is 0.638. The van der Waals surface area contributed by atoms with Gasteiger partial charge in [-0.2, -0.15) is 0 Å². The molecule has 0 fully saturated rings. The van der Waals surface area contributed by atoms with Gasteiger partial charge in [0.15, 0.2) is 11.0 Å². The molecule has 11 heavy (non-hydrogen) atoms. The van der Waals surface area contributed by atoms with Crippen molar-refractivity contribution in [2.75, 3.05) is 7.11 Å². The van der Waals surface area contributed by atoms with E-state index in [2.05, 4.69) is 13.9 Å². The molecule has 0 bridgehead atoms. The highest BCUT2D eigenvalue weighted by Gasteiger charge is 2.05. The summed E-state index contributed by atoms with van der Waals surface area (Å²) in [6.07, 6.45) is 0.404. The summed E-state index contributed by atoms with van der Waals surface area (Å²) in [5.41, 5.74) is 0. The highest BCUT2D eigenvalue weighted by molar-refractivity contribution is 6.29. The van der Waals surface area contributed by atoms with Crippen LogP contribution in [0.1, 0.15) is 0 Å². The second kappa shape index (κ2) is 3.30. The van der Waals surface area contributed by atoms with Crippen molar-refractivity contribution in [2.24, 2.45) is 0 Å². The van der Waals surface area contributed by atoms with Crippen LogP contribution < -0.4 is 4.74 Å². The summed E-state index contributed by atoms with van der Waals surface area (Å²) < 4.78 is 13.4. The molecule has 1 aromatic heterocycles. The van der Waals surface area contributed by atoms with Gasteiger partial charge < -0.3 is 13.9 Å². The van der Waals surface area contributed by atoms with Crippen LogP contribution in [-0.2, 0) is 4.74 Å². The maximum Gasteiger partial charge on any atom is 0.513 e. The minimum Gasteiger partial charge on any atom is -0.449 e. The van der Waals surface area contributed by atoms with Crippen molar-refractivity contribution in [3.05, 3.63) is 17.5 Å². The molecule has 1 heterocycles. The van der Waals surface area contributed by atoms with Crippen molar-refractivity contribution in [3.63, 3.8) is 0 Å². The lowest BCUT2D eigenvalue weighted by atomic mass is 10.6. The summed E-state index contributed by atoms with van der Waals surface area (Å²) in [6, 6.07) is 1.36. The van der Waals surface area contributed by atoms with E-state index >= 15 is 0 Å². The fraction of sp³-hybridized carbons (Fsp3) is 0.167. The Hall–Kier alpha value is -1.16. The average molecular weight is 177 g/mol. The van der Waals surface area contributed by atoms with Gasteiger partial charge in [0, 0.05) is 6.07 Å². The molecule has 0 aliphatic heterocycles. The van der Waals surface area contributed by atoms with Crippen LogP contribution >= 0.6 is 11.6 Å². The first-order chi connectivity index (χ1) is 5.22. The van der Waals surface area contributed by atoms with Gasteiger partial charge in [-0.1, -0.05) is 0 Å². The summed E-state index contributed by atoms with van der Waals surface area (Å²) in [4.78, 5) is 10.5. The molecule has 5 heteroatoms. The van der Waals surface area contributed by atoms with Gasteiger partial charge in [0.25, 0.3) is 0 Å². The van der Waals surface area contributed by atoms with E-state index in [1.165, 1.54) is 19.4 Å². The first-order valence-electron chi connectivity index (χ1n) is 2.72. The van der Waals surface area contributed by atoms with Crippen LogP contribution in [0.5, 0.6) is 5.75 Å². The number of carbonyl (C=O) groups is 1. The van der Waals surface area contributed by atoms with Crippen LogP contribution in [-0.4, -0.2) is 13.3 Å². The van der Waals surface area contributed by atoms with Crippen molar-refractivity contribution in [1.29, 1.82) is 0 Å². The first-order valence-corrected chi connectivity index (χ1v) is 3.10. The molecule has 0 aliphatic rings. The molecular formula is C6H5ClO4. The van der Waals surface area contributed by atoms with E-state index in [0.29, 0.717) is 0 Å². The quantitative estimate of drug-likeness (QED) is 0.615. The number of ether oxygens (including phenoxy) is 2. The van der Waals surface area contributed by atoms with Crippen molar-refractivity contribution in [1.82, 2.24) is 0 Å². The molecule has 0 spiro atoms. The number of rotatable bonds is 1. The summed E-state index contributed by atoms with van der Waals surface area (Å²) in [5.74, 6) is 0.224. The van der Waals surface area contributed by atoms with Crippen LogP contribution in [0, 0.1) is 0 Å². The molecule has 0 radical (unpaired) electrons. The minimum absolute atomic E-state index is 0.156. The van der Waals surface area contributed by atoms with Gasteiger partial charge in [0.1, 0.15) is 6.26 Å². The Kier molecular flexibility index (Phi) is 2.38. The molecule has 0 aliphatic carbocycles. The Morgan fingerprint density at radius 3 is 2.91 bits per heavy atom. The van der Waals surface area contributed by atoms with Crippen molar-refractivity contribution >= 4 is 17.8 Å². The molecule has 0 amide bonds. The molecule has 0 saturated heterocycles. The summed E-state index contributed by atoms with van der Waals surface area (Å²) >= 11 is 5.39. The normalized spacial score (nSPS) is 9.27. The van der Waals surface area contributed by atoms with Gasteiger partial charge in [0.2, 0.25) is 0 Å². The summed E-state index contributed by atoms with van der Waals surface area (Å²) in [7, 11) is 1.21. The molecule has 0 saturated carbocycles. The van der Waals surface area contributed by atoms with E-state index < -0.39 is 6.16 Å². The van der Waals surface area contributed by atoms with Gasteiger partial charge in [-0.25, -0.2) is 4.79 Å². The van der Waals surface area contributed by atoms with E-state index in [1.54, 1.807) is 0 Å². The number of carbonyl (C=O) groups excluding carboxylic acids is 1. The first kappa shape index (κ1) is 7.94. The molecule has 0 unspecified atom stereocenters. The highest BCUT2D eigenvalue weighted by Crippen LogP contribution is 2.19. The van der Waals surface area contributed by atoms with Gasteiger partial charge >= 0.3 is 6.16 Å². The molecule has 4 nitrogen and oxygen atoms in total.